The molecule has 0 bridgehead atoms. The number of aromatic nitrogens is 1. The molecule has 2 heterocycles. The van der Waals surface area contributed by atoms with Gasteiger partial charge in [-0.25, -0.2) is 9.18 Å². The number of halogens is 4. The van der Waals surface area contributed by atoms with E-state index in [1.165, 1.54) is 30.5 Å². The Labute approximate surface area is 197 Å². The highest BCUT2D eigenvalue weighted by Crippen LogP contribution is 2.40. The summed E-state index contributed by atoms with van der Waals surface area (Å²) in [4.78, 5) is 26.4. The van der Waals surface area contributed by atoms with E-state index < -0.39 is 29.2 Å². The molecule has 0 saturated carbocycles. The highest BCUT2D eigenvalue weighted by molar-refractivity contribution is 6.00. The van der Waals surface area contributed by atoms with Gasteiger partial charge in [0.1, 0.15) is 11.6 Å². The van der Waals surface area contributed by atoms with Crippen molar-refractivity contribution in [3.63, 3.8) is 0 Å². The van der Waals surface area contributed by atoms with E-state index in [0.29, 0.717) is 16.7 Å². The Morgan fingerprint density at radius 3 is 2.43 bits per heavy atom. The summed E-state index contributed by atoms with van der Waals surface area (Å²) in [6, 6.07) is 7.79. The number of H-pyrrole nitrogens is 1. The molecule has 11 heteroatoms. The molecule has 0 atom stereocenters. The zero-order valence-corrected chi connectivity index (χ0v) is 18.7. The van der Waals surface area contributed by atoms with E-state index >= 15 is 0 Å². The van der Waals surface area contributed by atoms with Crippen LogP contribution in [0.4, 0.5) is 33.7 Å². The maximum Gasteiger partial charge on any atom is 0.420 e. The van der Waals surface area contributed by atoms with Crippen LogP contribution in [0.25, 0.3) is 11.1 Å². The fourth-order valence-corrected chi connectivity index (χ4v) is 3.48. The van der Waals surface area contributed by atoms with Crippen LogP contribution in [0, 0.1) is 12.7 Å². The molecule has 35 heavy (non-hydrogen) atoms. The number of hydrogen-bond acceptors (Lipinski definition) is 4. The molecule has 0 aliphatic carbocycles. The quantitative estimate of drug-likeness (QED) is 0.421. The van der Waals surface area contributed by atoms with Crippen LogP contribution in [0.1, 0.15) is 18.1 Å². The summed E-state index contributed by atoms with van der Waals surface area (Å²) in [5, 5.41) is 4.55. The van der Waals surface area contributed by atoms with Gasteiger partial charge in [-0.2, -0.15) is 13.2 Å². The van der Waals surface area contributed by atoms with Crippen LogP contribution in [0.3, 0.4) is 0 Å². The van der Waals surface area contributed by atoms with E-state index in [1.54, 1.807) is 19.9 Å². The predicted molar refractivity (Wildman–Crippen MR) is 121 cm³/mol. The fourth-order valence-electron chi connectivity index (χ4n) is 3.48. The lowest BCUT2D eigenvalue weighted by Gasteiger charge is -2.38. The molecular weight excluding hydrogens is 470 g/mol. The highest BCUT2D eigenvalue weighted by Gasteiger charge is 2.40. The zero-order valence-electron chi connectivity index (χ0n) is 18.7. The topological polar surface area (TPSA) is 92.4 Å². The molecular formula is C24H21F4N3O4. The number of hydrogen-bond donors (Lipinski definition) is 3. The molecule has 1 fully saturated rings. The third kappa shape index (κ3) is 5.46. The number of rotatable bonds is 5. The van der Waals surface area contributed by atoms with E-state index in [2.05, 4.69) is 15.6 Å². The first-order chi connectivity index (χ1) is 16.4. The lowest BCUT2D eigenvalue weighted by molar-refractivity contribution is -0.160. The van der Waals surface area contributed by atoms with Crippen LogP contribution in [0.5, 0.6) is 5.75 Å². The summed E-state index contributed by atoms with van der Waals surface area (Å²) in [5.41, 5.74) is -1.03. The summed E-state index contributed by atoms with van der Waals surface area (Å²) in [5.74, 6) is -1.15. The molecule has 3 aromatic rings. The number of carbonyl (C=O) groups excluding carboxylic acids is 1. The molecule has 0 radical (unpaired) electrons. The fraction of sp³-hybridized carbons (Fsp3) is 0.250. The van der Waals surface area contributed by atoms with Crippen LogP contribution in [-0.2, 0) is 10.9 Å². The van der Waals surface area contributed by atoms with Crippen LogP contribution in [0.15, 0.2) is 53.5 Å². The number of aromatic amines is 1. The Morgan fingerprint density at radius 2 is 1.83 bits per heavy atom. The van der Waals surface area contributed by atoms with Gasteiger partial charge in [0.2, 0.25) is 0 Å². The lowest BCUT2D eigenvalue weighted by atomic mass is 10.0. The minimum atomic E-state index is -4.73. The number of alkyl halides is 3. The Hall–Kier alpha value is -3.86. The molecule has 4 rings (SSSR count). The molecule has 3 N–H and O–H groups in total. The van der Waals surface area contributed by atoms with Crippen molar-refractivity contribution in [3.8, 4) is 16.9 Å². The van der Waals surface area contributed by atoms with Crippen molar-refractivity contribution in [3.05, 3.63) is 76.0 Å². The van der Waals surface area contributed by atoms with Crippen molar-refractivity contribution >= 4 is 17.4 Å². The number of benzene rings is 2. The summed E-state index contributed by atoms with van der Waals surface area (Å²) in [6.07, 6.45) is -3.29. The Morgan fingerprint density at radius 1 is 1.09 bits per heavy atom. The SMILES string of the molecule is Cc1cc(-c2ccc(NC(=O)Nc3ccc(OC4(C)COC4)c(C(F)(F)F)c3)c(F)c2)c[nH]c1=O. The molecule has 184 valence electrons. The minimum Gasteiger partial charge on any atom is -0.482 e. The zero-order chi connectivity index (χ0) is 25.4. The Kier molecular flexibility index (Phi) is 6.28. The van der Waals surface area contributed by atoms with Gasteiger partial charge in [-0.3, -0.25) is 4.79 Å². The van der Waals surface area contributed by atoms with Gasteiger partial charge in [-0.1, -0.05) is 6.07 Å². The standard InChI is InChI=1S/C24H21F4N3O4/c1-13-7-15(10-29-21(13)32)14-3-5-19(18(25)8-14)31-22(33)30-16-4-6-20(17(9-16)24(26,27)28)35-23(2)11-34-12-23/h3-10H,11-12H2,1-2H3,(H,29,32)(H2,30,31,33). The molecule has 0 unspecified atom stereocenters. The van der Waals surface area contributed by atoms with Gasteiger partial charge >= 0.3 is 12.2 Å². The van der Waals surface area contributed by atoms with Crippen molar-refractivity contribution in [2.24, 2.45) is 0 Å². The highest BCUT2D eigenvalue weighted by atomic mass is 19.4. The average Bonchev–Trinajstić information content (AvgIpc) is 2.76. The number of ether oxygens (including phenoxy) is 2. The number of urea groups is 1. The largest absolute Gasteiger partial charge is 0.482 e. The summed E-state index contributed by atoms with van der Waals surface area (Å²) >= 11 is 0. The van der Waals surface area contributed by atoms with E-state index in [9.17, 15) is 27.2 Å². The normalized spacial score (nSPS) is 14.7. The maximum absolute atomic E-state index is 14.6. The molecule has 2 amide bonds. The summed E-state index contributed by atoms with van der Waals surface area (Å²) in [6.45, 7) is 3.58. The van der Waals surface area contributed by atoms with Gasteiger partial charge in [-0.05, 0) is 61.4 Å². The maximum atomic E-state index is 14.6. The number of pyridine rings is 1. The number of nitrogens with one attached hydrogen (secondary N) is 3. The van der Waals surface area contributed by atoms with Gasteiger partial charge in [0.15, 0.2) is 5.60 Å². The second kappa shape index (κ2) is 9.06. The average molecular weight is 491 g/mol. The Balaban J connectivity index is 1.49. The third-order valence-electron chi connectivity index (χ3n) is 5.35. The molecule has 1 aliphatic heterocycles. The molecule has 1 aliphatic rings. The van der Waals surface area contributed by atoms with E-state index in [0.717, 1.165) is 12.1 Å². The molecule has 2 aromatic carbocycles. The van der Waals surface area contributed by atoms with Crippen LogP contribution >= 0.6 is 0 Å². The van der Waals surface area contributed by atoms with E-state index in [-0.39, 0.29) is 35.9 Å². The van der Waals surface area contributed by atoms with Crippen LogP contribution in [-0.4, -0.2) is 29.8 Å². The molecule has 1 saturated heterocycles. The van der Waals surface area contributed by atoms with Crippen molar-refractivity contribution < 1.29 is 31.8 Å². The third-order valence-corrected chi connectivity index (χ3v) is 5.35. The van der Waals surface area contributed by atoms with Crippen LogP contribution in [0.2, 0.25) is 0 Å². The monoisotopic (exact) mass is 491 g/mol. The van der Waals surface area contributed by atoms with Crippen molar-refractivity contribution in [1.29, 1.82) is 0 Å². The summed E-state index contributed by atoms with van der Waals surface area (Å²) in [7, 11) is 0. The van der Waals surface area contributed by atoms with Crippen molar-refractivity contribution in [2.45, 2.75) is 25.6 Å². The number of carbonyl (C=O) groups is 1. The van der Waals surface area contributed by atoms with Crippen molar-refractivity contribution in [1.82, 2.24) is 4.98 Å². The van der Waals surface area contributed by atoms with Gasteiger partial charge in [-0.15, -0.1) is 0 Å². The second-order valence-corrected chi connectivity index (χ2v) is 8.43. The van der Waals surface area contributed by atoms with Crippen LogP contribution < -0.4 is 20.9 Å². The first-order valence-corrected chi connectivity index (χ1v) is 10.5. The van der Waals surface area contributed by atoms with Gasteiger partial charge in [0, 0.05) is 17.4 Å². The van der Waals surface area contributed by atoms with E-state index in [4.69, 9.17) is 9.47 Å². The van der Waals surface area contributed by atoms with Gasteiger partial charge < -0.3 is 25.1 Å². The van der Waals surface area contributed by atoms with Gasteiger partial charge in [0.05, 0.1) is 24.5 Å². The number of amides is 2. The molecule has 1 aromatic heterocycles. The number of aryl methyl sites for hydroxylation is 1. The Bertz CT molecular complexity index is 1330. The van der Waals surface area contributed by atoms with E-state index in [1.807, 2.05) is 0 Å². The van der Waals surface area contributed by atoms with Crippen molar-refractivity contribution in [2.75, 3.05) is 23.8 Å². The number of anilines is 2. The molecule has 0 spiro atoms. The minimum absolute atomic E-state index is 0.155. The first-order valence-electron chi connectivity index (χ1n) is 10.5. The smallest absolute Gasteiger partial charge is 0.420 e. The first kappa shape index (κ1) is 24.3. The summed E-state index contributed by atoms with van der Waals surface area (Å²) < 4.78 is 65.8. The predicted octanol–water partition coefficient (Wildman–Crippen LogP) is 5.32. The van der Waals surface area contributed by atoms with Gasteiger partial charge in [0.25, 0.3) is 5.56 Å². The molecule has 7 nitrogen and oxygen atoms in total. The lowest BCUT2D eigenvalue weighted by Crippen LogP contribution is -2.51. The second-order valence-electron chi connectivity index (χ2n) is 8.43.